The lowest BCUT2D eigenvalue weighted by molar-refractivity contribution is -0.218. The third kappa shape index (κ3) is 10.5. The van der Waals surface area contributed by atoms with Crippen LogP contribution in [0.4, 0.5) is 0 Å². The van der Waals surface area contributed by atoms with Gasteiger partial charge in [0, 0.05) is 0 Å². The molecule has 0 amide bonds. The summed E-state index contributed by atoms with van der Waals surface area (Å²) in [7, 11) is 0. The van der Waals surface area contributed by atoms with Gasteiger partial charge >= 0.3 is 0 Å². The van der Waals surface area contributed by atoms with E-state index < -0.39 is 49.5 Å². The number of rotatable bonds is 19. The van der Waals surface area contributed by atoms with Crippen molar-refractivity contribution in [2.75, 3.05) is 19.8 Å². The summed E-state index contributed by atoms with van der Waals surface area (Å²) in [5.41, 5.74) is 3.93. The minimum atomic E-state index is -1.35. The fraction of sp³-hybridized carbons (Fsp3) is 0.333. The van der Waals surface area contributed by atoms with Gasteiger partial charge in [0.15, 0.2) is 6.29 Å². The van der Waals surface area contributed by atoms with Crippen LogP contribution in [0.1, 0.15) is 22.3 Å². The number of aliphatic hydroxyl groups is 3. The van der Waals surface area contributed by atoms with E-state index in [1.807, 2.05) is 103 Å². The summed E-state index contributed by atoms with van der Waals surface area (Å²) < 4.78 is 38.0. The molecule has 1 saturated heterocycles. The first-order valence-electron chi connectivity index (χ1n) is 17.3. The van der Waals surface area contributed by atoms with Gasteiger partial charge in [-0.1, -0.05) is 127 Å². The third-order valence-electron chi connectivity index (χ3n) is 8.92. The Kier molecular flexibility index (Phi) is 13.7. The van der Waals surface area contributed by atoms with E-state index >= 15 is 0 Å². The zero-order valence-corrected chi connectivity index (χ0v) is 28.5. The van der Waals surface area contributed by atoms with Crippen molar-refractivity contribution in [3.05, 3.63) is 156 Å². The Labute approximate surface area is 298 Å². The highest BCUT2D eigenvalue weighted by Gasteiger charge is 2.44. The standard InChI is InChI=1S/C42H46O9/c43-23-36-39(44)40(45)42(51-36)50-29-38(48-26-31-14-6-2-7-15-31)41(49-27-32-16-8-3-9-17-32)37(47-25-30-12-4-1-5-13-30)28-46-24-33-20-21-34-18-10-11-19-35(34)22-33/h1-22,36-45H,23-29H2/t36-,37?,38?,39?,40+,41?,42-/m1/s1. The summed E-state index contributed by atoms with van der Waals surface area (Å²) in [6, 6.07) is 44.0. The minimum Gasteiger partial charge on any atom is -0.394 e. The monoisotopic (exact) mass is 694 g/mol. The summed E-state index contributed by atoms with van der Waals surface area (Å²) in [5, 5.41) is 33.0. The topological polar surface area (TPSA) is 116 Å². The molecule has 1 heterocycles. The van der Waals surface area contributed by atoms with Crippen molar-refractivity contribution < 1.29 is 43.7 Å². The van der Waals surface area contributed by atoms with Gasteiger partial charge in [-0.3, -0.25) is 0 Å². The molecule has 1 aliphatic heterocycles. The average molecular weight is 695 g/mol. The molecule has 1 fully saturated rings. The van der Waals surface area contributed by atoms with Gasteiger partial charge in [-0.2, -0.15) is 0 Å². The first kappa shape index (κ1) is 36.8. The Morgan fingerprint density at radius 3 is 1.63 bits per heavy atom. The van der Waals surface area contributed by atoms with Crippen molar-refractivity contribution in [3.63, 3.8) is 0 Å². The second-order valence-electron chi connectivity index (χ2n) is 12.7. The van der Waals surface area contributed by atoms with Crippen LogP contribution in [-0.4, -0.2) is 78.1 Å². The molecule has 7 atom stereocenters. The summed E-state index contributed by atoms with van der Waals surface area (Å²) in [6.07, 6.45) is -6.86. The number of aliphatic hydroxyl groups excluding tert-OH is 3. The number of fused-ring (bicyclic) bond motifs is 1. The predicted octanol–water partition coefficient (Wildman–Crippen LogP) is 5.57. The lowest BCUT2D eigenvalue weighted by Gasteiger charge is -2.34. The summed E-state index contributed by atoms with van der Waals surface area (Å²) in [6.45, 7) is 0.818. The third-order valence-corrected chi connectivity index (χ3v) is 8.92. The molecule has 9 heteroatoms. The maximum Gasteiger partial charge on any atom is 0.186 e. The highest BCUT2D eigenvalue weighted by Crippen LogP contribution is 2.25. The van der Waals surface area contributed by atoms with Gasteiger partial charge in [0.2, 0.25) is 0 Å². The molecule has 0 aliphatic carbocycles. The molecule has 1 aliphatic rings. The van der Waals surface area contributed by atoms with Crippen molar-refractivity contribution in [1.29, 1.82) is 0 Å². The van der Waals surface area contributed by atoms with E-state index in [-0.39, 0.29) is 26.4 Å². The highest BCUT2D eigenvalue weighted by atomic mass is 16.7. The lowest BCUT2D eigenvalue weighted by atomic mass is 10.1. The molecule has 6 rings (SSSR count). The molecule has 268 valence electrons. The molecule has 0 bridgehead atoms. The largest absolute Gasteiger partial charge is 0.394 e. The molecular weight excluding hydrogens is 648 g/mol. The van der Waals surface area contributed by atoms with Crippen LogP contribution in [-0.2, 0) is 54.8 Å². The van der Waals surface area contributed by atoms with Crippen LogP contribution in [0.3, 0.4) is 0 Å². The summed E-state index contributed by atoms with van der Waals surface area (Å²) in [5.74, 6) is 0. The van der Waals surface area contributed by atoms with E-state index in [0.29, 0.717) is 13.2 Å². The number of benzene rings is 5. The molecule has 0 saturated carbocycles. The van der Waals surface area contributed by atoms with Gasteiger partial charge in [0.25, 0.3) is 0 Å². The van der Waals surface area contributed by atoms with E-state index in [1.165, 1.54) is 0 Å². The first-order chi connectivity index (χ1) is 25.1. The van der Waals surface area contributed by atoms with Crippen LogP contribution in [0.2, 0.25) is 0 Å². The average Bonchev–Trinajstić information content (AvgIpc) is 3.46. The molecule has 0 aromatic heterocycles. The summed E-state index contributed by atoms with van der Waals surface area (Å²) >= 11 is 0. The lowest BCUT2D eigenvalue weighted by Crippen LogP contribution is -2.48. The molecule has 5 aromatic carbocycles. The normalized spacial score (nSPS) is 20.7. The van der Waals surface area contributed by atoms with Crippen LogP contribution in [0.5, 0.6) is 0 Å². The number of ether oxygens (including phenoxy) is 6. The Balaban J connectivity index is 1.26. The highest BCUT2D eigenvalue weighted by molar-refractivity contribution is 5.82. The SMILES string of the molecule is OC[C@H]1O[C@@H](OCC(OCc2ccccc2)C(OCc2ccccc2)C(COCc2ccc3ccccc3c2)OCc2ccccc2)[C@@H](O)C1O. The predicted molar refractivity (Wildman–Crippen MR) is 192 cm³/mol. The van der Waals surface area contributed by atoms with E-state index in [0.717, 1.165) is 33.0 Å². The van der Waals surface area contributed by atoms with Crippen molar-refractivity contribution in [2.45, 2.75) is 69.3 Å². The maximum atomic E-state index is 10.7. The Hall–Kier alpha value is -4.00. The molecule has 0 spiro atoms. The van der Waals surface area contributed by atoms with Gasteiger partial charge in [0.1, 0.15) is 36.6 Å². The van der Waals surface area contributed by atoms with Gasteiger partial charge in [-0.15, -0.1) is 0 Å². The van der Waals surface area contributed by atoms with Crippen LogP contribution < -0.4 is 0 Å². The van der Waals surface area contributed by atoms with Crippen molar-refractivity contribution in [1.82, 2.24) is 0 Å². The molecule has 9 nitrogen and oxygen atoms in total. The Morgan fingerprint density at radius 1 is 0.529 bits per heavy atom. The molecule has 4 unspecified atom stereocenters. The number of hydrogen-bond acceptors (Lipinski definition) is 9. The van der Waals surface area contributed by atoms with Gasteiger partial charge in [-0.05, 0) is 39.1 Å². The Bertz CT molecular complexity index is 1720. The number of hydrogen-bond donors (Lipinski definition) is 3. The van der Waals surface area contributed by atoms with Crippen LogP contribution >= 0.6 is 0 Å². The first-order valence-corrected chi connectivity index (χ1v) is 17.3. The molecule has 5 aromatic rings. The fourth-order valence-corrected chi connectivity index (χ4v) is 6.07. The van der Waals surface area contributed by atoms with Gasteiger partial charge in [-0.25, -0.2) is 0 Å². The van der Waals surface area contributed by atoms with E-state index in [4.69, 9.17) is 28.4 Å². The maximum absolute atomic E-state index is 10.7. The summed E-state index contributed by atoms with van der Waals surface area (Å²) in [4.78, 5) is 0. The van der Waals surface area contributed by atoms with Crippen LogP contribution in [0, 0.1) is 0 Å². The molecule has 51 heavy (non-hydrogen) atoms. The fourth-order valence-electron chi connectivity index (χ4n) is 6.07. The van der Waals surface area contributed by atoms with Crippen molar-refractivity contribution >= 4 is 10.8 Å². The van der Waals surface area contributed by atoms with Gasteiger partial charge in [0.05, 0.1) is 46.2 Å². The van der Waals surface area contributed by atoms with Crippen molar-refractivity contribution in [3.8, 4) is 0 Å². The van der Waals surface area contributed by atoms with Crippen molar-refractivity contribution in [2.24, 2.45) is 0 Å². The van der Waals surface area contributed by atoms with E-state index in [2.05, 4.69) is 30.3 Å². The Morgan fingerprint density at radius 2 is 1.06 bits per heavy atom. The second kappa shape index (κ2) is 19.0. The van der Waals surface area contributed by atoms with E-state index in [9.17, 15) is 15.3 Å². The smallest absolute Gasteiger partial charge is 0.186 e. The van der Waals surface area contributed by atoms with Crippen LogP contribution in [0.25, 0.3) is 10.8 Å². The molecule has 0 radical (unpaired) electrons. The van der Waals surface area contributed by atoms with Gasteiger partial charge < -0.3 is 43.7 Å². The molecule has 3 N–H and O–H groups in total. The van der Waals surface area contributed by atoms with Crippen LogP contribution in [0.15, 0.2) is 133 Å². The second-order valence-corrected chi connectivity index (χ2v) is 12.7. The molecular formula is C42H46O9. The zero-order valence-electron chi connectivity index (χ0n) is 28.5. The minimum absolute atomic E-state index is 0.0746. The zero-order chi connectivity index (χ0) is 35.3. The quantitative estimate of drug-likeness (QED) is 0.102. The van der Waals surface area contributed by atoms with E-state index in [1.54, 1.807) is 0 Å².